The van der Waals surface area contributed by atoms with Crippen molar-refractivity contribution < 1.29 is 33.3 Å². The summed E-state index contributed by atoms with van der Waals surface area (Å²) in [7, 11) is 1.44. The number of ether oxygens (including phenoxy) is 5. The zero-order valence-electron chi connectivity index (χ0n) is 21.2. The van der Waals surface area contributed by atoms with E-state index in [4.69, 9.17) is 23.7 Å². The van der Waals surface area contributed by atoms with Gasteiger partial charge in [-0.15, -0.1) is 0 Å². The van der Waals surface area contributed by atoms with Gasteiger partial charge in [-0.05, 0) is 61.4 Å². The molecular weight excluding hydrogens is 476 g/mol. The summed E-state index contributed by atoms with van der Waals surface area (Å²) in [5, 5.41) is 9.51. The number of esters is 1. The minimum Gasteiger partial charge on any atom is -0.493 e. The lowest BCUT2D eigenvalue weighted by molar-refractivity contribution is -0.130. The van der Waals surface area contributed by atoms with Crippen molar-refractivity contribution in [2.24, 2.45) is 0 Å². The lowest BCUT2D eigenvalue weighted by Gasteiger charge is -2.26. The van der Waals surface area contributed by atoms with Crippen molar-refractivity contribution in [3.05, 3.63) is 59.2 Å². The standard InChI is InChI=1S/C28H30N2O7/c1-4-35-23-9-6-20(17-26(23)36-5-2)8-11-27(31)37-24-10-7-21(18-25(24)33-3)16-22(19-29)28(32)30-12-14-34-15-13-30/h6-11,16-18H,4-5,12-15H2,1-3H3/b11-8+,22-16+. The van der Waals surface area contributed by atoms with Crippen molar-refractivity contribution in [2.45, 2.75) is 13.8 Å². The summed E-state index contributed by atoms with van der Waals surface area (Å²) in [5.41, 5.74) is 1.30. The van der Waals surface area contributed by atoms with E-state index in [1.54, 1.807) is 41.3 Å². The third-order valence-corrected chi connectivity index (χ3v) is 5.34. The highest BCUT2D eigenvalue weighted by atomic mass is 16.6. The lowest BCUT2D eigenvalue weighted by Crippen LogP contribution is -2.41. The van der Waals surface area contributed by atoms with Gasteiger partial charge in [0.2, 0.25) is 0 Å². The van der Waals surface area contributed by atoms with E-state index in [1.165, 1.54) is 19.3 Å². The van der Waals surface area contributed by atoms with Crippen LogP contribution >= 0.6 is 0 Å². The number of carbonyl (C=O) groups excluding carboxylic acids is 2. The Hall–Kier alpha value is -4.29. The summed E-state index contributed by atoms with van der Waals surface area (Å²) >= 11 is 0. The predicted molar refractivity (Wildman–Crippen MR) is 137 cm³/mol. The lowest BCUT2D eigenvalue weighted by atomic mass is 10.1. The van der Waals surface area contributed by atoms with Crippen molar-refractivity contribution in [2.75, 3.05) is 46.6 Å². The second-order valence-corrected chi connectivity index (χ2v) is 7.81. The van der Waals surface area contributed by atoms with Crippen molar-refractivity contribution in [1.29, 1.82) is 5.26 Å². The molecule has 1 heterocycles. The fourth-order valence-corrected chi connectivity index (χ4v) is 3.58. The van der Waals surface area contributed by atoms with E-state index >= 15 is 0 Å². The van der Waals surface area contributed by atoms with Crippen molar-refractivity contribution in [3.8, 4) is 29.1 Å². The maximum Gasteiger partial charge on any atom is 0.336 e. The average Bonchev–Trinajstić information content (AvgIpc) is 2.92. The molecule has 37 heavy (non-hydrogen) atoms. The van der Waals surface area contributed by atoms with Crippen molar-refractivity contribution in [3.63, 3.8) is 0 Å². The maximum absolute atomic E-state index is 12.7. The fraction of sp³-hybridized carbons (Fsp3) is 0.321. The Morgan fingerprint density at radius 3 is 2.30 bits per heavy atom. The molecule has 1 fully saturated rings. The molecule has 0 radical (unpaired) electrons. The molecule has 0 N–H and O–H groups in total. The van der Waals surface area contributed by atoms with Crippen LogP contribution in [0, 0.1) is 11.3 Å². The molecule has 0 bridgehead atoms. The summed E-state index contributed by atoms with van der Waals surface area (Å²) in [6.07, 6.45) is 4.39. The Labute approximate surface area is 216 Å². The highest BCUT2D eigenvalue weighted by molar-refractivity contribution is 6.01. The number of morpholine rings is 1. The molecule has 9 heteroatoms. The van der Waals surface area contributed by atoms with Crippen molar-refractivity contribution in [1.82, 2.24) is 4.90 Å². The molecule has 0 aliphatic carbocycles. The van der Waals surface area contributed by atoms with Crippen LogP contribution in [0.3, 0.4) is 0 Å². The highest BCUT2D eigenvalue weighted by Gasteiger charge is 2.21. The van der Waals surface area contributed by atoms with Gasteiger partial charge >= 0.3 is 5.97 Å². The molecule has 0 saturated carbocycles. The number of benzene rings is 2. The van der Waals surface area contributed by atoms with E-state index in [-0.39, 0.29) is 23.0 Å². The SMILES string of the molecule is CCOc1ccc(/C=C/C(=O)Oc2ccc(/C=C(\C#N)C(=O)N3CCOCC3)cc2OC)cc1OCC. The van der Waals surface area contributed by atoms with Gasteiger partial charge in [0.1, 0.15) is 11.6 Å². The van der Waals surface area contributed by atoms with Crippen LogP contribution in [0.1, 0.15) is 25.0 Å². The molecule has 1 saturated heterocycles. The van der Waals surface area contributed by atoms with Crippen LogP contribution in [0.15, 0.2) is 48.0 Å². The van der Waals surface area contributed by atoms with Gasteiger partial charge < -0.3 is 28.6 Å². The van der Waals surface area contributed by atoms with Gasteiger partial charge in [-0.1, -0.05) is 12.1 Å². The average molecular weight is 507 g/mol. The Bertz CT molecular complexity index is 1210. The zero-order chi connectivity index (χ0) is 26.6. The maximum atomic E-state index is 12.7. The fourth-order valence-electron chi connectivity index (χ4n) is 3.58. The minimum absolute atomic E-state index is 0.00147. The van der Waals surface area contributed by atoms with Gasteiger partial charge in [0.15, 0.2) is 23.0 Å². The van der Waals surface area contributed by atoms with Crippen LogP contribution in [-0.2, 0) is 14.3 Å². The van der Waals surface area contributed by atoms with Crippen LogP contribution in [0.25, 0.3) is 12.2 Å². The molecule has 1 amide bonds. The van der Waals surface area contributed by atoms with Gasteiger partial charge in [-0.2, -0.15) is 5.26 Å². The van der Waals surface area contributed by atoms with Crippen LogP contribution in [0.2, 0.25) is 0 Å². The summed E-state index contributed by atoms with van der Waals surface area (Å²) in [4.78, 5) is 26.7. The molecule has 194 valence electrons. The monoisotopic (exact) mass is 506 g/mol. The van der Waals surface area contributed by atoms with E-state index in [2.05, 4.69) is 0 Å². The Morgan fingerprint density at radius 1 is 0.973 bits per heavy atom. The molecule has 0 unspecified atom stereocenters. The quantitative estimate of drug-likeness (QED) is 0.207. The second kappa shape index (κ2) is 13.7. The first-order chi connectivity index (χ1) is 18.0. The molecular formula is C28H30N2O7. The molecule has 3 rings (SSSR count). The number of methoxy groups -OCH3 is 1. The summed E-state index contributed by atoms with van der Waals surface area (Å²) < 4.78 is 27.2. The largest absolute Gasteiger partial charge is 0.493 e. The molecule has 2 aromatic rings. The van der Waals surface area contributed by atoms with Gasteiger partial charge in [0.25, 0.3) is 5.91 Å². The van der Waals surface area contributed by atoms with Gasteiger partial charge in [-0.25, -0.2) is 4.79 Å². The van der Waals surface area contributed by atoms with E-state index < -0.39 is 5.97 Å². The number of carbonyl (C=O) groups is 2. The third kappa shape index (κ3) is 7.59. The Balaban J connectivity index is 1.72. The highest BCUT2D eigenvalue weighted by Crippen LogP contribution is 2.30. The van der Waals surface area contributed by atoms with E-state index in [1.807, 2.05) is 26.0 Å². The minimum atomic E-state index is -0.603. The van der Waals surface area contributed by atoms with E-state index in [0.29, 0.717) is 56.6 Å². The smallest absolute Gasteiger partial charge is 0.336 e. The molecule has 9 nitrogen and oxygen atoms in total. The van der Waals surface area contributed by atoms with E-state index in [9.17, 15) is 14.9 Å². The van der Waals surface area contributed by atoms with Crippen LogP contribution < -0.4 is 18.9 Å². The zero-order valence-corrected chi connectivity index (χ0v) is 21.2. The third-order valence-electron chi connectivity index (χ3n) is 5.34. The topological polar surface area (TPSA) is 107 Å². The van der Waals surface area contributed by atoms with Gasteiger partial charge in [0, 0.05) is 19.2 Å². The van der Waals surface area contributed by atoms with Crippen LogP contribution in [0.5, 0.6) is 23.0 Å². The van der Waals surface area contributed by atoms with E-state index in [0.717, 1.165) is 5.56 Å². The molecule has 1 aliphatic rings. The molecule has 0 aromatic heterocycles. The predicted octanol–water partition coefficient (Wildman–Crippen LogP) is 3.88. The number of rotatable bonds is 10. The number of hydrogen-bond donors (Lipinski definition) is 0. The molecule has 1 aliphatic heterocycles. The van der Waals surface area contributed by atoms with Gasteiger partial charge in [0.05, 0.1) is 33.5 Å². The molecule has 2 aromatic carbocycles. The first-order valence-corrected chi connectivity index (χ1v) is 11.9. The van der Waals surface area contributed by atoms with Crippen LogP contribution in [0.4, 0.5) is 0 Å². The molecule has 0 atom stereocenters. The number of nitrogens with zero attached hydrogens (tertiary/aromatic N) is 2. The summed E-state index contributed by atoms with van der Waals surface area (Å²) in [6, 6.07) is 12.1. The number of hydrogen-bond acceptors (Lipinski definition) is 8. The number of nitriles is 1. The summed E-state index contributed by atoms with van der Waals surface area (Å²) in [6.45, 7) is 6.53. The second-order valence-electron chi connectivity index (χ2n) is 7.81. The Morgan fingerprint density at radius 2 is 1.62 bits per heavy atom. The van der Waals surface area contributed by atoms with Gasteiger partial charge in [-0.3, -0.25) is 4.79 Å². The van der Waals surface area contributed by atoms with Crippen molar-refractivity contribution >= 4 is 24.0 Å². The summed E-state index contributed by atoms with van der Waals surface area (Å²) in [5.74, 6) is 0.754. The number of amides is 1. The normalized spacial score (nSPS) is 13.7. The molecule has 0 spiro atoms. The first kappa shape index (κ1) is 27.3. The van der Waals surface area contributed by atoms with Crippen LogP contribution in [-0.4, -0.2) is 63.4 Å². The Kier molecular flexibility index (Phi) is 10.1. The first-order valence-electron chi connectivity index (χ1n) is 11.9.